The van der Waals surface area contributed by atoms with Crippen LogP contribution in [0.15, 0.2) is 65.6 Å². The van der Waals surface area contributed by atoms with Gasteiger partial charge in [0.15, 0.2) is 0 Å². The van der Waals surface area contributed by atoms with Crippen LogP contribution in [-0.4, -0.2) is 24.2 Å². The Bertz CT molecular complexity index is 1160. The number of methoxy groups -OCH3 is 1. The lowest BCUT2D eigenvalue weighted by molar-refractivity contribution is -0.115. The van der Waals surface area contributed by atoms with Gasteiger partial charge >= 0.3 is 0 Å². The van der Waals surface area contributed by atoms with Gasteiger partial charge in [-0.25, -0.2) is 4.39 Å². The maximum absolute atomic E-state index is 13.8. The van der Waals surface area contributed by atoms with E-state index in [0.29, 0.717) is 22.1 Å². The molecule has 1 unspecified atom stereocenters. The molecule has 0 aliphatic carbocycles. The molecule has 32 heavy (non-hydrogen) atoms. The van der Waals surface area contributed by atoms with Crippen LogP contribution in [0.1, 0.15) is 22.8 Å². The lowest BCUT2D eigenvalue weighted by atomic mass is 10.2. The van der Waals surface area contributed by atoms with Gasteiger partial charge in [0.2, 0.25) is 5.91 Å². The SMILES string of the molecule is COc1cc(Cl)c(C)cc1NC(=O)C(C)Sc1cccc(NC(=O)c2ccccc2F)c1. The van der Waals surface area contributed by atoms with E-state index in [4.69, 9.17) is 16.3 Å². The monoisotopic (exact) mass is 472 g/mol. The largest absolute Gasteiger partial charge is 0.495 e. The average Bonchev–Trinajstić information content (AvgIpc) is 2.76. The second-order valence-electron chi connectivity index (χ2n) is 7.01. The minimum atomic E-state index is -0.589. The number of hydrogen-bond acceptors (Lipinski definition) is 4. The van der Waals surface area contributed by atoms with Crippen LogP contribution in [0.3, 0.4) is 0 Å². The molecule has 0 aliphatic heterocycles. The van der Waals surface area contributed by atoms with Crippen LogP contribution < -0.4 is 15.4 Å². The Morgan fingerprint density at radius 2 is 1.81 bits per heavy atom. The molecule has 3 aromatic rings. The van der Waals surface area contributed by atoms with Crippen molar-refractivity contribution in [2.75, 3.05) is 17.7 Å². The Morgan fingerprint density at radius 3 is 2.53 bits per heavy atom. The molecule has 0 saturated heterocycles. The average molecular weight is 473 g/mol. The summed E-state index contributed by atoms with van der Waals surface area (Å²) in [6, 6.07) is 16.2. The fraction of sp³-hybridized carbons (Fsp3) is 0.167. The molecular weight excluding hydrogens is 451 g/mol. The molecule has 2 amide bonds. The lowest BCUT2D eigenvalue weighted by Crippen LogP contribution is -2.22. The number of rotatable bonds is 7. The first kappa shape index (κ1) is 23.6. The van der Waals surface area contributed by atoms with Crippen molar-refractivity contribution in [3.8, 4) is 5.75 Å². The molecule has 2 N–H and O–H groups in total. The second kappa shape index (κ2) is 10.5. The molecule has 3 rings (SSSR count). The molecule has 0 saturated carbocycles. The number of carbonyl (C=O) groups is 2. The molecule has 0 radical (unpaired) electrons. The summed E-state index contributed by atoms with van der Waals surface area (Å²) < 4.78 is 19.1. The van der Waals surface area contributed by atoms with E-state index in [9.17, 15) is 14.0 Å². The highest BCUT2D eigenvalue weighted by Gasteiger charge is 2.18. The maximum atomic E-state index is 13.8. The summed E-state index contributed by atoms with van der Waals surface area (Å²) >= 11 is 7.45. The number of halogens is 2. The quantitative estimate of drug-likeness (QED) is 0.403. The third kappa shape index (κ3) is 5.81. The number of hydrogen-bond donors (Lipinski definition) is 2. The Balaban J connectivity index is 1.67. The molecule has 166 valence electrons. The van der Waals surface area contributed by atoms with E-state index in [1.165, 1.54) is 37.1 Å². The third-order valence-electron chi connectivity index (χ3n) is 4.63. The molecule has 0 fully saturated rings. The summed E-state index contributed by atoms with van der Waals surface area (Å²) in [4.78, 5) is 25.9. The predicted octanol–water partition coefficient (Wildman–Crippen LogP) is 6.17. The molecule has 0 aliphatic rings. The molecular formula is C24H22ClFN2O3S. The Hall–Kier alpha value is -3.03. The normalized spacial score (nSPS) is 11.5. The number of ether oxygens (including phenoxy) is 1. The van der Waals surface area contributed by atoms with E-state index < -0.39 is 17.0 Å². The van der Waals surface area contributed by atoms with Crippen molar-refractivity contribution in [2.45, 2.75) is 24.0 Å². The second-order valence-corrected chi connectivity index (χ2v) is 8.83. The first-order chi connectivity index (χ1) is 15.3. The molecule has 1 atom stereocenters. The lowest BCUT2D eigenvalue weighted by Gasteiger charge is -2.16. The number of nitrogens with one attached hydrogen (secondary N) is 2. The molecule has 0 heterocycles. The van der Waals surface area contributed by atoms with Gasteiger partial charge in [0.25, 0.3) is 5.91 Å². The van der Waals surface area contributed by atoms with Crippen LogP contribution in [0.5, 0.6) is 5.75 Å². The van der Waals surface area contributed by atoms with Crippen LogP contribution in [0.25, 0.3) is 0 Å². The number of aryl methyl sites for hydroxylation is 1. The van der Waals surface area contributed by atoms with Gasteiger partial charge in [-0.15, -0.1) is 11.8 Å². The van der Waals surface area contributed by atoms with Crippen LogP contribution >= 0.6 is 23.4 Å². The van der Waals surface area contributed by atoms with E-state index in [1.807, 2.05) is 13.0 Å². The van der Waals surface area contributed by atoms with E-state index in [1.54, 1.807) is 43.3 Å². The highest BCUT2D eigenvalue weighted by Crippen LogP contribution is 2.32. The van der Waals surface area contributed by atoms with Gasteiger partial charge in [-0.3, -0.25) is 9.59 Å². The van der Waals surface area contributed by atoms with Crippen molar-refractivity contribution in [1.29, 1.82) is 0 Å². The minimum Gasteiger partial charge on any atom is -0.495 e. The first-order valence-electron chi connectivity index (χ1n) is 9.76. The van der Waals surface area contributed by atoms with E-state index >= 15 is 0 Å². The topological polar surface area (TPSA) is 67.4 Å². The summed E-state index contributed by atoms with van der Waals surface area (Å²) in [5.74, 6) is -0.866. The van der Waals surface area contributed by atoms with Crippen molar-refractivity contribution in [2.24, 2.45) is 0 Å². The Morgan fingerprint density at radius 1 is 1.06 bits per heavy atom. The van der Waals surface area contributed by atoms with Crippen LogP contribution in [-0.2, 0) is 4.79 Å². The van der Waals surface area contributed by atoms with Crippen molar-refractivity contribution >= 4 is 46.6 Å². The number of benzene rings is 3. The summed E-state index contributed by atoms with van der Waals surface area (Å²) in [7, 11) is 1.51. The fourth-order valence-corrected chi connectivity index (χ4v) is 3.99. The van der Waals surface area contributed by atoms with E-state index in [2.05, 4.69) is 10.6 Å². The highest BCUT2D eigenvalue weighted by atomic mass is 35.5. The standard InChI is InChI=1S/C24H22ClFN2O3S/c1-14-11-21(22(31-3)13-19(14)25)28-23(29)15(2)32-17-8-6-7-16(12-17)27-24(30)18-9-4-5-10-20(18)26/h4-13,15H,1-3H3,(H,27,30)(H,28,29). The number of amides is 2. The molecule has 0 aromatic heterocycles. The zero-order chi connectivity index (χ0) is 23.3. The van der Waals surface area contributed by atoms with Gasteiger partial charge in [0.05, 0.1) is 23.6 Å². The minimum absolute atomic E-state index is 0.0366. The Labute approximate surface area is 195 Å². The number of carbonyl (C=O) groups excluding carboxylic acids is 2. The first-order valence-corrected chi connectivity index (χ1v) is 11.0. The Kier molecular flexibility index (Phi) is 7.77. The highest BCUT2D eigenvalue weighted by molar-refractivity contribution is 8.00. The van der Waals surface area contributed by atoms with Gasteiger partial charge < -0.3 is 15.4 Å². The summed E-state index contributed by atoms with van der Waals surface area (Å²) in [6.07, 6.45) is 0. The van der Waals surface area contributed by atoms with Gasteiger partial charge in [-0.05, 0) is 55.8 Å². The third-order valence-corrected chi connectivity index (χ3v) is 6.13. The van der Waals surface area contributed by atoms with Crippen LogP contribution in [0, 0.1) is 12.7 Å². The van der Waals surface area contributed by atoms with Gasteiger partial charge in [0, 0.05) is 21.7 Å². The van der Waals surface area contributed by atoms with Crippen LogP contribution in [0.4, 0.5) is 15.8 Å². The van der Waals surface area contributed by atoms with Crippen molar-refractivity contribution in [1.82, 2.24) is 0 Å². The fourth-order valence-electron chi connectivity index (χ4n) is 2.91. The van der Waals surface area contributed by atoms with E-state index in [0.717, 1.165) is 10.5 Å². The van der Waals surface area contributed by atoms with Crippen molar-refractivity contribution in [3.05, 3.63) is 82.6 Å². The van der Waals surface area contributed by atoms with Crippen LogP contribution in [0.2, 0.25) is 5.02 Å². The summed E-state index contributed by atoms with van der Waals surface area (Å²) in [6.45, 7) is 3.62. The summed E-state index contributed by atoms with van der Waals surface area (Å²) in [5.41, 5.74) is 1.83. The predicted molar refractivity (Wildman–Crippen MR) is 127 cm³/mol. The number of anilines is 2. The van der Waals surface area contributed by atoms with Gasteiger partial charge in [0.1, 0.15) is 11.6 Å². The van der Waals surface area contributed by atoms with Gasteiger partial charge in [-0.1, -0.05) is 29.8 Å². The van der Waals surface area contributed by atoms with Crippen molar-refractivity contribution in [3.63, 3.8) is 0 Å². The molecule has 0 bridgehead atoms. The molecule has 8 heteroatoms. The van der Waals surface area contributed by atoms with Crippen molar-refractivity contribution < 1.29 is 18.7 Å². The molecule has 5 nitrogen and oxygen atoms in total. The van der Waals surface area contributed by atoms with Gasteiger partial charge in [-0.2, -0.15) is 0 Å². The smallest absolute Gasteiger partial charge is 0.258 e. The maximum Gasteiger partial charge on any atom is 0.258 e. The zero-order valence-corrected chi connectivity index (χ0v) is 19.3. The zero-order valence-electron chi connectivity index (χ0n) is 17.7. The molecule has 0 spiro atoms. The van der Waals surface area contributed by atoms with E-state index in [-0.39, 0.29) is 11.5 Å². The molecule has 3 aromatic carbocycles. The summed E-state index contributed by atoms with van der Waals surface area (Å²) in [5, 5.41) is 5.67. The number of thioether (sulfide) groups is 1.